The van der Waals surface area contributed by atoms with Gasteiger partial charge in [0.05, 0.1) is 12.1 Å². The Bertz CT molecular complexity index is 828. The number of ether oxygens (including phenoxy) is 2. The third-order valence-corrected chi connectivity index (χ3v) is 4.00. The summed E-state index contributed by atoms with van der Waals surface area (Å²) in [5.74, 6) is -0.552. The highest BCUT2D eigenvalue weighted by molar-refractivity contribution is 5.95. The lowest BCUT2D eigenvalue weighted by atomic mass is 10.1. The largest absolute Gasteiger partial charge is 0.490 e. The van der Waals surface area contributed by atoms with Crippen LogP contribution < -0.4 is 9.64 Å². The molecule has 0 aliphatic carbocycles. The number of cyclic esters (lactones) is 1. The van der Waals surface area contributed by atoms with Gasteiger partial charge in [-0.2, -0.15) is 0 Å². The first-order chi connectivity index (χ1) is 12.4. The number of benzene rings is 2. The van der Waals surface area contributed by atoms with Gasteiger partial charge in [0.15, 0.2) is 11.9 Å². The standard InChI is InChI=1S/C19H17NO6/c1-12(21)13-2-6-15(7-3-13)20-10-17(26-19(20)24)11-25-16-8-4-14(5-9-16)18(22)23/h2-9,17H,10-11H2,1H3,(H,22,23)/t17-/m1/s1. The maximum absolute atomic E-state index is 12.1. The van der Waals surface area contributed by atoms with Crippen molar-refractivity contribution in [1.29, 1.82) is 0 Å². The van der Waals surface area contributed by atoms with Crippen LogP contribution in [0.25, 0.3) is 0 Å². The molecule has 1 aliphatic heterocycles. The summed E-state index contributed by atoms with van der Waals surface area (Å²) in [6, 6.07) is 12.7. The number of rotatable bonds is 6. The van der Waals surface area contributed by atoms with E-state index in [1.54, 1.807) is 36.4 Å². The Morgan fingerprint density at radius 3 is 2.31 bits per heavy atom. The molecule has 0 bridgehead atoms. The van der Waals surface area contributed by atoms with Crippen molar-refractivity contribution in [1.82, 2.24) is 0 Å². The van der Waals surface area contributed by atoms with E-state index in [0.717, 1.165) is 0 Å². The quantitative estimate of drug-likeness (QED) is 0.801. The number of amides is 1. The summed E-state index contributed by atoms with van der Waals surface area (Å²) in [4.78, 5) is 35.7. The summed E-state index contributed by atoms with van der Waals surface area (Å²) >= 11 is 0. The molecule has 7 heteroatoms. The zero-order valence-corrected chi connectivity index (χ0v) is 14.0. The van der Waals surface area contributed by atoms with Crippen LogP contribution in [0.15, 0.2) is 48.5 Å². The molecule has 2 aromatic rings. The summed E-state index contributed by atoms with van der Waals surface area (Å²) in [6.45, 7) is 1.96. The minimum absolute atomic E-state index is 0.0410. The molecule has 1 heterocycles. The lowest BCUT2D eigenvalue weighted by Crippen LogP contribution is -2.26. The number of Topliss-reactive ketones (excluding diaryl/α,β-unsaturated/α-hetero) is 1. The van der Waals surface area contributed by atoms with E-state index in [2.05, 4.69) is 0 Å². The topological polar surface area (TPSA) is 93.1 Å². The van der Waals surface area contributed by atoms with Crippen LogP contribution in [-0.4, -0.2) is 42.2 Å². The summed E-state index contributed by atoms with van der Waals surface area (Å²) in [6.07, 6.45) is -0.926. The Morgan fingerprint density at radius 2 is 1.73 bits per heavy atom. The first-order valence-corrected chi connectivity index (χ1v) is 7.99. The number of anilines is 1. The van der Waals surface area contributed by atoms with E-state index in [1.807, 2.05) is 0 Å². The molecule has 0 radical (unpaired) electrons. The SMILES string of the molecule is CC(=O)c1ccc(N2C[C@H](COc3ccc(C(=O)O)cc3)OC2=O)cc1. The summed E-state index contributed by atoms with van der Waals surface area (Å²) < 4.78 is 10.9. The van der Waals surface area contributed by atoms with E-state index in [0.29, 0.717) is 23.5 Å². The molecule has 3 rings (SSSR count). The lowest BCUT2D eigenvalue weighted by molar-refractivity contribution is 0.0696. The van der Waals surface area contributed by atoms with Gasteiger partial charge in [-0.25, -0.2) is 9.59 Å². The molecule has 2 aromatic carbocycles. The van der Waals surface area contributed by atoms with Crippen molar-refractivity contribution in [2.75, 3.05) is 18.1 Å². The maximum atomic E-state index is 12.1. The van der Waals surface area contributed by atoms with Crippen LogP contribution in [0.4, 0.5) is 10.5 Å². The fraction of sp³-hybridized carbons (Fsp3) is 0.211. The molecule has 0 unspecified atom stereocenters. The monoisotopic (exact) mass is 355 g/mol. The van der Waals surface area contributed by atoms with Crippen LogP contribution in [0.1, 0.15) is 27.6 Å². The molecule has 0 spiro atoms. The number of nitrogens with zero attached hydrogens (tertiary/aromatic N) is 1. The van der Waals surface area contributed by atoms with Crippen molar-refractivity contribution in [2.24, 2.45) is 0 Å². The minimum atomic E-state index is -1.01. The van der Waals surface area contributed by atoms with Crippen LogP contribution in [0, 0.1) is 0 Å². The lowest BCUT2D eigenvalue weighted by Gasteiger charge is -2.13. The van der Waals surface area contributed by atoms with E-state index < -0.39 is 18.2 Å². The third-order valence-electron chi connectivity index (χ3n) is 4.00. The average molecular weight is 355 g/mol. The minimum Gasteiger partial charge on any atom is -0.490 e. The fourth-order valence-electron chi connectivity index (χ4n) is 2.58. The van der Waals surface area contributed by atoms with Gasteiger partial charge in [-0.3, -0.25) is 9.69 Å². The van der Waals surface area contributed by atoms with E-state index in [-0.39, 0.29) is 18.0 Å². The van der Waals surface area contributed by atoms with Crippen molar-refractivity contribution in [2.45, 2.75) is 13.0 Å². The normalized spacial score (nSPS) is 16.3. The van der Waals surface area contributed by atoms with Gasteiger partial charge in [-0.1, -0.05) is 0 Å². The maximum Gasteiger partial charge on any atom is 0.414 e. The fourth-order valence-corrected chi connectivity index (χ4v) is 2.58. The van der Waals surface area contributed by atoms with Crippen molar-refractivity contribution in [3.8, 4) is 5.75 Å². The Kier molecular flexibility index (Phi) is 4.88. The molecule has 1 saturated heterocycles. The number of aromatic carboxylic acids is 1. The summed E-state index contributed by atoms with van der Waals surface area (Å²) in [5.41, 5.74) is 1.39. The zero-order valence-electron chi connectivity index (χ0n) is 14.0. The molecular weight excluding hydrogens is 338 g/mol. The number of hydrogen-bond donors (Lipinski definition) is 1. The van der Waals surface area contributed by atoms with Crippen LogP contribution in [-0.2, 0) is 4.74 Å². The Hall–Kier alpha value is -3.35. The predicted octanol–water partition coefficient (Wildman–Crippen LogP) is 2.99. The number of carboxylic acids is 1. The Balaban J connectivity index is 1.59. The van der Waals surface area contributed by atoms with E-state index >= 15 is 0 Å². The molecule has 1 amide bonds. The van der Waals surface area contributed by atoms with Crippen molar-refractivity contribution in [3.63, 3.8) is 0 Å². The Labute approximate surface area is 149 Å². The second-order valence-electron chi connectivity index (χ2n) is 5.86. The predicted molar refractivity (Wildman–Crippen MR) is 93.0 cm³/mol. The highest BCUT2D eigenvalue weighted by Crippen LogP contribution is 2.23. The van der Waals surface area contributed by atoms with E-state index in [4.69, 9.17) is 14.6 Å². The van der Waals surface area contributed by atoms with Crippen molar-refractivity contribution >= 4 is 23.5 Å². The van der Waals surface area contributed by atoms with Gasteiger partial charge < -0.3 is 14.6 Å². The number of carboxylic acid groups (broad SMARTS) is 1. The van der Waals surface area contributed by atoms with Gasteiger partial charge in [0, 0.05) is 11.3 Å². The highest BCUT2D eigenvalue weighted by atomic mass is 16.6. The van der Waals surface area contributed by atoms with Gasteiger partial charge in [0.25, 0.3) is 0 Å². The first kappa shape index (κ1) is 17.5. The van der Waals surface area contributed by atoms with Crippen LogP contribution in [0.5, 0.6) is 5.75 Å². The molecule has 1 fully saturated rings. The average Bonchev–Trinajstić information content (AvgIpc) is 3.01. The number of carbonyl (C=O) groups is 3. The van der Waals surface area contributed by atoms with Crippen LogP contribution in [0.2, 0.25) is 0 Å². The van der Waals surface area contributed by atoms with E-state index in [1.165, 1.54) is 24.0 Å². The zero-order chi connectivity index (χ0) is 18.7. The number of hydrogen-bond acceptors (Lipinski definition) is 5. The van der Waals surface area contributed by atoms with E-state index in [9.17, 15) is 14.4 Å². The van der Waals surface area contributed by atoms with Gasteiger partial charge in [0.1, 0.15) is 12.4 Å². The molecule has 1 N–H and O–H groups in total. The van der Waals surface area contributed by atoms with Crippen molar-refractivity contribution < 1.29 is 29.0 Å². The van der Waals surface area contributed by atoms with Crippen LogP contribution >= 0.6 is 0 Å². The van der Waals surface area contributed by atoms with Crippen molar-refractivity contribution in [3.05, 3.63) is 59.7 Å². The second kappa shape index (κ2) is 7.26. The van der Waals surface area contributed by atoms with Gasteiger partial charge in [-0.15, -0.1) is 0 Å². The number of carbonyl (C=O) groups excluding carboxylic acids is 2. The molecular formula is C19H17NO6. The molecule has 1 aliphatic rings. The smallest absolute Gasteiger partial charge is 0.414 e. The summed E-state index contributed by atoms with van der Waals surface area (Å²) in [7, 11) is 0. The first-order valence-electron chi connectivity index (χ1n) is 7.99. The second-order valence-corrected chi connectivity index (χ2v) is 5.86. The number of ketones is 1. The third kappa shape index (κ3) is 3.83. The van der Waals surface area contributed by atoms with Gasteiger partial charge in [-0.05, 0) is 55.5 Å². The van der Waals surface area contributed by atoms with Crippen LogP contribution in [0.3, 0.4) is 0 Å². The molecule has 134 valence electrons. The molecule has 7 nitrogen and oxygen atoms in total. The Morgan fingerprint density at radius 1 is 1.12 bits per heavy atom. The molecule has 0 saturated carbocycles. The van der Waals surface area contributed by atoms with Gasteiger partial charge in [0.2, 0.25) is 0 Å². The molecule has 0 aromatic heterocycles. The summed E-state index contributed by atoms with van der Waals surface area (Å²) in [5, 5.41) is 8.87. The van der Waals surface area contributed by atoms with Gasteiger partial charge >= 0.3 is 12.1 Å². The highest BCUT2D eigenvalue weighted by Gasteiger charge is 2.32. The molecule has 1 atom stereocenters. The molecule has 26 heavy (non-hydrogen) atoms.